The molecule has 0 aliphatic rings. The van der Waals surface area contributed by atoms with Crippen molar-refractivity contribution < 1.29 is 9.47 Å². The molecular weight excluding hydrogens is 282 g/mol. The Bertz CT molecular complexity index is 386. The molecule has 1 aromatic carbocycles. The Kier molecular flexibility index (Phi) is 4.83. The number of rotatable bonds is 4. The van der Waals surface area contributed by atoms with Crippen LogP contribution in [0.1, 0.15) is 26.3 Å². The van der Waals surface area contributed by atoms with Crippen LogP contribution >= 0.6 is 15.9 Å². The van der Waals surface area contributed by atoms with Gasteiger partial charge in [-0.05, 0) is 38.5 Å². The van der Waals surface area contributed by atoms with Crippen molar-refractivity contribution in [3.8, 4) is 11.5 Å². The summed E-state index contributed by atoms with van der Waals surface area (Å²) in [5.41, 5.74) is 1.24. The van der Waals surface area contributed by atoms with Gasteiger partial charge in [-0.15, -0.1) is 0 Å². The molecule has 1 N–H and O–H groups in total. The van der Waals surface area contributed by atoms with Gasteiger partial charge in [0.15, 0.2) is 11.5 Å². The highest BCUT2D eigenvalue weighted by molar-refractivity contribution is 9.10. The third-order valence-corrected chi connectivity index (χ3v) is 3.10. The van der Waals surface area contributed by atoms with Crippen molar-refractivity contribution >= 4 is 15.9 Å². The molecule has 0 fully saturated rings. The van der Waals surface area contributed by atoms with Crippen LogP contribution in [0.4, 0.5) is 0 Å². The van der Waals surface area contributed by atoms with Crippen LogP contribution in [0.3, 0.4) is 0 Å². The number of methoxy groups -OCH3 is 2. The minimum absolute atomic E-state index is 0.0899. The highest BCUT2D eigenvalue weighted by atomic mass is 79.9. The fraction of sp³-hybridized carbons (Fsp3) is 0.538. The first-order chi connectivity index (χ1) is 7.87. The Morgan fingerprint density at radius 3 is 2.12 bits per heavy atom. The lowest BCUT2D eigenvalue weighted by molar-refractivity contribution is 0.353. The van der Waals surface area contributed by atoms with Crippen LogP contribution in [0.2, 0.25) is 0 Å². The lowest BCUT2D eigenvalue weighted by atomic mass is 10.1. The molecule has 1 aromatic rings. The number of nitrogens with one attached hydrogen (secondary N) is 1. The van der Waals surface area contributed by atoms with Crippen LogP contribution < -0.4 is 14.8 Å². The van der Waals surface area contributed by atoms with E-state index in [1.807, 2.05) is 12.1 Å². The van der Waals surface area contributed by atoms with E-state index >= 15 is 0 Å². The monoisotopic (exact) mass is 301 g/mol. The van der Waals surface area contributed by atoms with Gasteiger partial charge in [0.1, 0.15) is 0 Å². The summed E-state index contributed by atoms with van der Waals surface area (Å²) in [6.07, 6.45) is 0. The average molecular weight is 302 g/mol. The molecule has 4 heteroatoms. The van der Waals surface area contributed by atoms with Crippen molar-refractivity contribution in [3.05, 3.63) is 22.2 Å². The Morgan fingerprint density at radius 2 is 1.65 bits per heavy atom. The fourth-order valence-electron chi connectivity index (χ4n) is 1.39. The molecule has 1 rings (SSSR count). The van der Waals surface area contributed by atoms with Crippen molar-refractivity contribution in [2.45, 2.75) is 32.9 Å². The van der Waals surface area contributed by atoms with E-state index in [0.717, 1.165) is 28.1 Å². The highest BCUT2D eigenvalue weighted by Gasteiger charge is 2.13. The molecule has 0 aliphatic carbocycles. The summed E-state index contributed by atoms with van der Waals surface area (Å²) in [5.74, 6) is 1.49. The van der Waals surface area contributed by atoms with Crippen LogP contribution in [0.25, 0.3) is 0 Å². The molecule has 17 heavy (non-hydrogen) atoms. The van der Waals surface area contributed by atoms with Crippen LogP contribution in [0.5, 0.6) is 11.5 Å². The largest absolute Gasteiger partial charge is 0.493 e. The molecule has 0 amide bonds. The second-order valence-electron chi connectivity index (χ2n) is 4.90. The molecule has 0 saturated heterocycles. The zero-order valence-electron chi connectivity index (χ0n) is 11.1. The molecule has 0 atom stereocenters. The molecule has 0 aliphatic heterocycles. The summed E-state index contributed by atoms with van der Waals surface area (Å²) >= 11 is 3.54. The standard InChI is InChI=1S/C13H20BrNO2/c1-13(2,3)15-8-9-6-11(16-4)12(17-5)7-10(9)14/h6-7,15H,8H2,1-5H3. The minimum Gasteiger partial charge on any atom is -0.493 e. The van der Waals surface area contributed by atoms with E-state index in [1.165, 1.54) is 0 Å². The quantitative estimate of drug-likeness (QED) is 0.925. The van der Waals surface area contributed by atoms with E-state index in [9.17, 15) is 0 Å². The Morgan fingerprint density at radius 1 is 1.12 bits per heavy atom. The first-order valence-electron chi connectivity index (χ1n) is 5.53. The normalized spacial score (nSPS) is 11.4. The van der Waals surface area contributed by atoms with Gasteiger partial charge in [-0.3, -0.25) is 0 Å². The van der Waals surface area contributed by atoms with E-state index < -0.39 is 0 Å². The van der Waals surface area contributed by atoms with Gasteiger partial charge in [0.2, 0.25) is 0 Å². The SMILES string of the molecule is COc1cc(Br)c(CNC(C)(C)C)cc1OC. The van der Waals surface area contributed by atoms with Crippen LogP contribution in [-0.2, 0) is 6.54 Å². The van der Waals surface area contributed by atoms with Gasteiger partial charge >= 0.3 is 0 Å². The zero-order valence-corrected chi connectivity index (χ0v) is 12.6. The number of benzene rings is 1. The predicted octanol–water partition coefficient (Wildman–Crippen LogP) is 3.35. The van der Waals surface area contributed by atoms with Crippen molar-refractivity contribution in [1.82, 2.24) is 5.32 Å². The first-order valence-corrected chi connectivity index (χ1v) is 6.32. The fourth-order valence-corrected chi connectivity index (χ4v) is 1.85. The zero-order chi connectivity index (χ0) is 13.1. The van der Waals surface area contributed by atoms with E-state index in [1.54, 1.807) is 14.2 Å². The summed E-state index contributed by atoms with van der Waals surface area (Å²) in [5, 5.41) is 3.44. The van der Waals surface area contributed by atoms with E-state index in [0.29, 0.717) is 0 Å². The number of halogens is 1. The number of ether oxygens (including phenoxy) is 2. The van der Waals surface area contributed by atoms with Crippen LogP contribution in [0.15, 0.2) is 16.6 Å². The molecule has 96 valence electrons. The minimum atomic E-state index is 0.0899. The second kappa shape index (κ2) is 5.74. The summed E-state index contributed by atoms with van der Waals surface area (Å²) in [6.45, 7) is 7.20. The molecule has 0 saturated carbocycles. The highest BCUT2D eigenvalue weighted by Crippen LogP contribution is 2.33. The Hall–Kier alpha value is -0.740. The molecule has 0 spiro atoms. The molecule has 0 radical (unpaired) electrons. The summed E-state index contributed by atoms with van der Waals surface area (Å²) in [6, 6.07) is 3.92. The Labute approximate surface area is 112 Å². The number of hydrogen-bond acceptors (Lipinski definition) is 3. The third kappa shape index (κ3) is 4.21. The van der Waals surface area contributed by atoms with Crippen LogP contribution in [-0.4, -0.2) is 19.8 Å². The molecule has 0 aromatic heterocycles. The van der Waals surface area contributed by atoms with Crippen molar-refractivity contribution in [3.63, 3.8) is 0 Å². The second-order valence-corrected chi connectivity index (χ2v) is 5.76. The summed E-state index contributed by atoms with van der Waals surface area (Å²) in [4.78, 5) is 0. The maximum absolute atomic E-state index is 5.29. The first kappa shape index (κ1) is 14.3. The number of hydrogen-bond donors (Lipinski definition) is 1. The lowest BCUT2D eigenvalue weighted by Gasteiger charge is -2.21. The summed E-state index contributed by atoms with van der Waals surface area (Å²) in [7, 11) is 3.28. The smallest absolute Gasteiger partial charge is 0.161 e. The van der Waals surface area contributed by atoms with Crippen molar-refractivity contribution in [1.29, 1.82) is 0 Å². The van der Waals surface area contributed by atoms with Gasteiger partial charge in [0.25, 0.3) is 0 Å². The third-order valence-electron chi connectivity index (χ3n) is 2.36. The summed E-state index contributed by atoms with van der Waals surface area (Å²) < 4.78 is 11.6. The van der Waals surface area contributed by atoms with Gasteiger partial charge in [0.05, 0.1) is 14.2 Å². The van der Waals surface area contributed by atoms with Gasteiger partial charge < -0.3 is 14.8 Å². The molecule has 3 nitrogen and oxygen atoms in total. The van der Waals surface area contributed by atoms with E-state index in [4.69, 9.17) is 9.47 Å². The van der Waals surface area contributed by atoms with Crippen LogP contribution in [0, 0.1) is 0 Å². The average Bonchev–Trinajstić information content (AvgIpc) is 2.25. The maximum atomic E-state index is 5.29. The van der Waals surface area contributed by atoms with E-state index in [2.05, 4.69) is 42.0 Å². The molecular formula is C13H20BrNO2. The maximum Gasteiger partial charge on any atom is 0.161 e. The lowest BCUT2D eigenvalue weighted by Crippen LogP contribution is -2.35. The van der Waals surface area contributed by atoms with Gasteiger partial charge in [-0.1, -0.05) is 15.9 Å². The molecule has 0 bridgehead atoms. The van der Waals surface area contributed by atoms with Gasteiger partial charge in [0, 0.05) is 16.6 Å². The molecule has 0 unspecified atom stereocenters. The van der Waals surface area contributed by atoms with Crippen molar-refractivity contribution in [2.24, 2.45) is 0 Å². The topological polar surface area (TPSA) is 30.5 Å². The Balaban J connectivity index is 2.93. The van der Waals surface area contributed by atoms with Gasteiger partial charge in [-0.25, -0.2) is 0 Å². The van der Waals surface area contributed by atoms with Gasteiger partial charge in [-0.2, -0.15) is 0 Å². The predicted molar refractivity (Wildman–Crippen MR) is 73.8 cm³/mol. The van der Waals surface area contributed by atoms with E-state index in [-0.39, 0.29) is 5.54 Å². The van der Waals surface area contributed by atoms with Crippen molar-refractivity contribution in [2.75, 3.05) is 14.2 Å². The molecule has 0 heterocycles.